The second-order valence-electron chi connectivity index (χ2n) is 5.48. The van der Waals surface area contributed by atoms with Crippen LogP contribution in [0.1, 0.15) is 32.1 Å². The van der Waals surface area contributed by atoms with Gasteiger partial charge in [-0.1, -0.05) is 0 Å². The smallest absolute Gasteiger partial charge is 0.308 e. The van der Waals surface area contributed by atoms with Gasteiger partial charge in [0.1, 0.15) is 0 Å². The highest BCUT2D eigenvalue weighted by molar-refractivity contribution is 5.78. The molecule has 2 aliphatic heterocycles. The Morgan fingerprint density at radius 1 is 1.30 bits per heavy atom. The molecule has 1 N–H and O–H groups in total. The molecular formula is C14H23NO5. The largest absolute Gasteiger partial charge is 0.481 e. The summed E-state index contributed by atoms with van der Waals surface area (Å²) in [4.78, 5) is 24.6. The zero-order valence-corrected chi connectivity index (χ0v) is 11.8. The van der Waals surface area contributed by atoms with Crippen molar-refractivity contribution in [2.75, 3.05) is 32.9 Å². The molecule has 2 saturated heterocycles. The molecule has 0 aromatic carbocycles. The van der Waals surface area contributed by atoms with Crippen molar-refractivity contribution in [2.45, 2.75) is 38.2 Å². The number of carbonyl (C=O) groups is 2. The number of rotatable bonds is 6. The topological polar surface area (TPSA) is 76.1 Å². The number of carbonyl (C=O) groups excluding carboxylic acids is 1. The third kappa shape index (κ3) is 4.45. The molecule has 1 amide bonds. The molecule has 0 aliphatic carbocycles. The molecule has 6 heteroatoms. The van der Waals surface area contributed by atoms with Crippen LogP contribution in [0, 0.1) is 5.92 Å². The standard InChI is InChI=1S/C14H23NO5/c16-13(5-8-19-10-12-4-2-7-20-12)15-6-1-3-11(9-15)14(17)18/h11-12H,1-10H2,(H,17,18)/t11-,12+/m0/s1. The van der Waals surface area contributed by atoms with Crippen molar-refractivity contribution in [3.05, 3.63) is 0 Å². The van der Waals surface area contributed by atoms with E-state index in [0.717, 1.165) is 25.9 Å². The van der Waals surface area contributed by atoms with Crippen molar-refractivity contribution >= 4 is 11.9 Å². The van der Waals surface area contributed by atoms with Crippen LogP contribution in [-0.4, -0.2) is 60.9 Å². The Hall–Kier alpha value is -1.14. The van der Waals surface area contributed by atoms with Gasteiger partial charge in [0.05, 0.1) is 31.7 Å². The Morgan fingerprint density at radius 3 is 2.85 bits per heavy atom. The lowest BCUT2D eigenvalue weighted by Gasteiger charge is -2.30. The lowest BCUT2D eigenvalue weighted by molar-refractivity contribution is -0.146. The van der Waals surface area contributed by atoms with E-state index in [1.165, 1.54) is 0 Å². The fourth-order valence-corrected chi connectivity index (χ4v) is 2.71. The predicted octanol–water partition coefficient (Wildman–Crippen LogP) is 0.895. The quantitative estimate of drug-likeness (QED) is 0.734. The second kappa shape index (κ2) is 7.59. The monoisotopic (exact) mass is 285 g/mol. The number of ether oxygens (including phenoxy) is 2. The van der Waals surface area contributed by atoms with Gasteiger partial charge in [-0.2, -0.15) is 0 Å². The maximum absolute atomic E-state index is 12.0. The highest BCUT2D eigenvalue weighted by Crippen LogP contribution is 2.17. The first-order valence-corrected chi connectivity index (χ1v) is 7.36. The fraction of sp³-hybridized carbons (Fsp3) is 0.857. The summed E-state index contributed by atoms with van der Waals surface area (Å²) in [5.41, 5.74) is 0. The van der Waals surface area contributed by atoms with E-state index in [0.29, 0.717) is 39.1 Å². The molecule has 2 aliphatic rings. The molecule has 0 aromatic heterocycles. The zero-order chi connectivity index (χ0) is 14.4. The van der Waals surface area contributed by atoms with Crippen molar-refractivity contribution in [1.82, 2.24) is 4.90 Å². The van der Waals surface area contributed by atoms with Gasteiger partial charge in [0.15, 0.2) is 0 Å². The van der Waals surface area contributed by atoms with Crippen LogP contribution in [0.5, 0.6) is 0 Å². The Kier molecular flexibility index (Phi) is 5.79. The first-order chi connectivity index (χ1) is 9.66. The van der Waals surface area contributed by atoms with E-state index < -0.39 is 11.9 Å². The highest BCUT2D eigenvalue weighted by atomic mass is 16.5. The van der Waals surface area contributed by atoms with Crippen LogP contribution in [0.4, 0.5) is 0 Å². The van der Waals surface area contributed by atoms with E-state index in [9.17, 15) is 9.59 Å². The molecule has 0 radical (unpaired) electrons. The van der Waals surface area contributed by atoms with Crippen LogP contribution in [-0.2, 0) is 19.1 Å². The van der Waals surface area contributed by atoms with Gasteiger partial charge in [-0.15, -0.1) is 0 Å². The van der Waals surface area contributed by atoms with E-state index in [1.54, 1.807) is 4.90 Å². The molecule has 0 aromatic rings. The number of carboxylic acids is 1. The SMILES string of the molecule is O=C(O)[C@H]1CCCN(C(=O)CCOC[C@H]2CCCO2)C1. The minimum Gasteiger partial charge on any atom is -0.481 e. The van der Waals surface area contributed by atoms with E-state index in [4.69, 9.17) is 14.6 Å². The molecule has 0 unspecified atom stereocenters. The zero-order valence-electron chi connectivity index (χ0n) is 11.8. The third-order valence-electron chi connectivity index (χ3n) is 3.91. The summed E-state index contributed by atoms with van der Waals surface area (Å²) in [6.45, 7) is 2.73. The average molecular weight is 285 g/mol. The van der Waals surface area contributed by atoms with E-state index in [2.05, 4.69) is 0 Å². The molecule has 0 spiro atoms. The summed E-state index contributed by atoms with van der Waals surface area (Å²) in [5, 5.41) is 9.00. The van der Waals surface area contributed by atoms with Crippen molar-refractivity contribution in [3.63, 3.8) is 0 Å². The second-order valence-corrected chi connectivity index (χ2v) is 5.48. The molecule has 20 heavy (non-hydrogen) atoms. The molecule has 2 atom stereocenters. The highest BCUT2D eigenvalue weighted by Gasteiger charge is 2.27. The number of amides is 1. The minimum atomic E-state index is -0.808. The van der Waals surface area contributed by atoms with E-state index in [-0.39, 0.29) is 12.0 Å². The molecular weight excluding hydrogens is 262 g/mol. The summed E-state index contributed by atoms with van der Waals surface area (Å²) in [7, 11) is 0. The van der Waals surface area contributed by atoms with Crippen LogP contribution in [0.3, 0.4) is 0 Å². The summed E-state index contributed by atoms with van der Waals surface area (Å²) in [6, 6.07) is 0. The third-order valence-corrected chi connectivity index (χ3v) is 3.91. The van der Waals surface area contributed by atoms with Gasteiger partial charge in [-0.05, 0) is 25.7 Å². The molecule has 2 heterocycles. The number of piperidine rings is 1. The number of likely N-dealkylation sites (tertiary alicyclic amines) is 1. The van der Waals surface area contributed by atoms with Crippen LogP contribution in [0.2, 0.25) is 0 Å². The Bertz CT molecular complexity index is 340. The maximum atomic E-state index is 12.0. The van der Waals surface area contributed by atoms with Gasteiger partial charge < -0.3 is 19.5 Å². The average Bonchev–Trinajstić information content (AvgIpc) is 2.96. The first-order valence-electron chi connectivity index (χ1n) is 7.36. The number of nitrogens with zero attached hydrogens (tertiary/aromatic N) is 1. The Labute approximate surface area is 119 Å². The Morgan fingerprint density at radius 2 is 2.15 bits per heavy atom. The summed E-state index contributed by atoms with van der Waals surface area (Å²) in [6.07, 6.45) is 4.03. The van der Waals surface area contributed by atoms with Crippen molar-refractivity contribution in [3.8, 4) is 0 Å². The lowest BCUT2D eigenvalue weighted by atomic mass is 9.98. The van der Waals surface area contributed by atoms with Crippen LogP contribution in [0.15, 0.2) is 0 Å². The Balaban J connectivity index is 1.62. The van der Waals surface area contributed by atoms with Gasteiger partial charge in [0, 0.05) is 19.7 Å². The van der Waals surface area contributed by atoms with Crippen molar-refractivity contribution < 1.29 is 24.2 Å². The van der Waals surface area contributed by atoms with Gasteiger partial charge in [-0.25, -0.2) is 0 Å². The molecule has 0 bridgehead atoms. The van der Waals surface area contributed by atoms with Gasteiger partial charge in [0.25, 0.3) is 0 Å². The molecule has 114 valence electrons. The maximum Gasteiger partial charge on any atom is 0.308 e. The van der Waals surface area contributed by atoms with Crippen LogP contribution < -0.4 is 0 Å². The number of hydrogen-bond acceptors (Lipinski definition) is 4. The van der Waals surface area contributed by atoms with E-state index in [1.807, 2.05) is 0 Å². The number of carboxylic acid groups (broad SMARTS) is 1. The van der Waals surface area contributed by atoms with Gasteiger partial charge >= 0.3 is 5.97 Å². The summed E-state index contributed by atoms with van der Waals surface area (Å²) in [5.74, 6) is -1.24. The fourth-order valence-electron chi connectivity index (χ4n) is 2.71. The van der Waals surface area contributed by atoms with Gasteiger partial charge in [0.2, 0.25) is 5.91 Å². The first kappa shape index (κ1) is 15.3. The molecule has 2 rings (SSSR count). The number of hydrogen-bond donors (Lipinski definition) is 1. The van der Waals surface area contributed by atoms with Crippen molar-refractivity contribution in [1.29, 1.82) is 0 Å². The number of aliphatic carboxylic acids is 1. The minimum absolute atomic E-state index is 0.0108. The summed E-state index contributed by atoms with van der Waals surface area (Å²) >= 11 is 0. The molecule has 2 fully saturated rings. The normalized spacial score (nSPS) is 26.7. The summed E-state index contributed by atoms with van der Waals surface area (Å²) < 4.78 is 10.9. The molecule has 6 nitrogen and oxygen atoms in total. The van der Waals surface area contributed by atoms with Crippen LogP contribution in [0.25, 0.3) is 0 Å². The van der Waals surface area contributed by atoms with Gasteiger partial charge in [-0.3, -0.25) is 9.59 Å². The van der Waals surface area contributed by atoms with Crippen molar-refractivity contribution in [2.24, 2.45) is 5.92 Å². The van der Waals surface area contributed by atoms with E-state index >= 15 is 0 Å². The predicted molar refractivity (Wildman–Crippen MR) is 71.3 cm³/mol. The van der Waals surface area contributed by atoms with Crippen LogP contribution >= 0.6 is 0 Å². The lowest BCUT2D eigenvalue weighted by Crippen LogP contribution is -2.42. The molecule has 0 saturated carbocycles.